The first-order chi connectivity index (χ1) is 10.2. The Labute approximate surface area is 126 Å². The summed E-state index contributed by atoms with van der Waals surface area (Å²) >= 11 is 1.41. The molecule has 2 rings (SSSR count). The van der Waals surface area contributed by atoms with Crippen molar-refractivity contribution in [1.29, 1.82) is 0 Å². The van der Waals surface area contributed by atoms with Crippen LogP contribution in [-0.2, 0) is 5.75 Å². The molecule has 0 bridgehead atoms. The second-order valence-electron chi connectivity index (χ2n) is 4.01. The van der Waals surface area contributed by atoms with Crippen LogP contribution in [0, 0.1) is 11.8 Å². The number of aliphatic hydroxyl groups is 1. The summed E-state index contributed by atoms with van der Waals surface area (Å²) in [5.41, 5.74) is 1.57. The third kappa shape index (κ3) is 4.38. The van der Waals surface area contributed by atoms with Gasteiger partial charge in [-0.05, 0) is 18.2 Å². The standard InChI is InChI=1S/C15H14N2O3S/c1-20-13-5-4-11(3-2-8-18)9-12(13)10-21-15-16-7-6-14(19)17-15/h4-7,9,18H,8,10H2,1H3,(H,16,17,19). The topological polar surface area (TPSA) is 75.2 Å². The lowest BCUT2D eigenvalue weighted by atomic mass is 10.1. The van der Waals surface area contributed by atoms with E-state index in [0.717, 1.165) is 16.9 Å². The monoisotopic (exact) mass is 302 g/mol. The van der Waals surface area contributed by atoms with Crippen LogP contribution in [0.15, 0.2) is 40.4 Å². The zero-order valence-corrected chi connectivity index (χ0v) is 12.2. The third-order valence-electron chi connectivity index (χ3n) is 2.60. The van der Waals surface area contributed by atoms with Crippen LogP contribution in [0.1, 0.15) is 11.1 Å². The van der Waals surface area contributed by atoms with Gasteiger partial charge in [0.15, 0.2) is 5.16 Å². The summed E-state index contributed by atoms with van der Waals surface area (Å²) in [4.78, 5) is 18.0. The molecular weight excluding hydrogens is 288 g/mol. The number of aromatic nitrogens is 2. The van der Waals surface area contributed by atoms with Crippen LogP contribution in [-0.4, -0.2) is 28.8 Å². The maximum absolute atomic E-state index is 11.2. The van der Waals surface area contributed by atoms with Crippen molar-refractivity contribution in [2.24, 2.45) is 0 Å². The first-order valence-electron chi connectivity index (χ1n) is 6.17. The maximum atomic E-state index is 11.2. The summed E-state index contributed by atoms with van der Waals surface area (Å²) in [6.07, 6.45) is 1.47. The largest absolute Gasteiger partial charge is 0.496 e. The van der Waals surface area contributed by atoms with E-state index in [0.29, 0.717) is 10.9 Å². The van der Waals surface area contributed by atoms with Gasteiger partial charge >= 0.3 is 0 Å². The van der Waals surface area contributed by atoms with Crippen molar-refractivity contribution in [1.82, 2.24) is 9.97 Å². The Bertz CT molecular complexity index is 731. The van der Waals surface area contributed by atoms with Crippen molar-refractivity contribution in [2.75, 3.05) is 13.7 Å². The molecule has 1 aromatic carbocycles. The van der Waals surface area contributed by atoms with E-state index < -0.39 is 0 Å². The van der Waals surface area contributed by atoms with Gasteiger partial charge < -0.3 is 14.8 Å². The van der Waals surface area contributed by atoms with Crippen molar-refractivity contribution in [3.8, 4) is 17.6 Å². The number of thioether (sulfide) groups is 1. The molecule has 6 heteroatoms. The molecule has 0 unspecified atom stereocenters. The number of ether oxygens (including phenoxy) is 1. The Morgan fingerprint density at radius 3 is 3.00 bits per heavy atom. The lowest BCUT2D eigenvalue weighted by Crippen LogP contribution is -2.05. The number of aliphatic hydroxyl groups excluding tert-OH is 1. The first-order valence-corrected chi connectivity index (χ1v) is 7.16. The van der Waals surface area contributed by atoms with Crippen LogP contribution in [0.2, 0.25) is 0 Å². The zero-order valence-electron chi connectivity index (χ0n) is 11.4. The lowest BCUT2D eigenvalue weighted by molar-refractivity contribution is 0.350. The number of methoxy groups -OCH3 is 1. The van der Waals surface area contributed by atoms with E-state index in [1.54, 1.807) is 7.11 Å². The Hall–Kier alpha value is -2.23. The summed E-state index contributed by atoms with van der Waals surface area (Å²) in [5.74, 6) is 6.80. The van der Waals surface area contributed by atoms with Gasteiger partial charge in [0, 0.05) is 29.1 Å². The molecule has 21 heavy (non-hydrogen) atoms. The minimum atomic E-state index is -0.179. The van der Waals surface area contributed by atoms with Gasteiger partial charge in [0.05, 0.1) is 7.11 Å². The van der Waals surface area contributed by atoms with Crippen molar-refractivity contribution >= 4 is 11.8 Å². The molecule has 2 aromatic rings. The average molecular weight is 302 g/mol. The van der Waals surface area contributed by atoms with E-state index in [-0.39, 0.29) is 12.2 Å². The smallest absolute Gasteiger partial charge is 0.251 e. The second-order valence-corrected chi connectivity index (χ2v) is 4.98. The van der Waals surface area contributed by atoms with Gasteiger partial charge in [-0.1, -0.05) is 23.6 Å². The predicted octanol–water partition coefficient (Wildman–Crippen LogP) is 1.41. The van der Waals surface area contributed by atoms with Gasteiger partial charge in [-0.25, -0.2) is 4.98 Å². The first kappa shape index (κ1) is 15.2. The van der Waals surface area contributed by atoms with E-state index in [4.69, 9.17) is 9.84 Å². The molecule has 0 aliphatic heterocycles. The molecule has 5 nitrogen and oxygen atoms in total. The lowest BCUT2D eigenvalue weighted by Gasteiger charge is -2.08. The summed E-state index contributed by atoms with van der Waals surface area (Å²) < 4.78 is 5.31. The molecule has 0 saturated heterocycles. The highest BCUT2D eigenvalue weighted by Crippen LogP contribution is 2.26. The molecule has 0 fully saturated rings. The van der Waals surface area contributed by atoms with Crippen LogP contribution in [0.4, 0.5) is 0 Å². The van der Waals surface area contributed by atoms with E-state index >= 15 is 0 Å². The highest BCUT2D eigenvalue weighted by atomic mass is 32.2. The molecule has 108 valence electrons. The van der Waals surface area contributed by atoms with E-state index in [2.05, 4.69) is 21.8 Å². The van der Waals surface area contributed by atoms with Crippen LogP contribution in [0.3, 0.4) is 0 Å². The molecule has 1 heterocycles. The van der Waals surface area contributed by atoms with E-state index in [1.165, 1.54) is 24.0 Å². The second kappa shape index (κ2) is 7.53. The fourth-order valence-electron chi connectivity index (χ4n) is 1.68. The molecular formula is C15H14N2O3S. The van der Waals surface area contributed by atoms with Gasteiger partial charge in [-0.15, -0.1) is 0 Å². The summed E-state index contributed by atoms with van der Waals surface area (Å²) in [6, 6.07) is 6.93. The van der Waals surface area contributed by atoms with Gasteiger partial charge in [0.2, 0.25) is 0 Å². The third-order valence-corrected chi connectivity index (χ3v) is 3.54. The molecule has 0 aliphatic carbocycles. The number of H-pyrrole nitrogens is 1. The Kier molecular flexibility index (Phi) is 5.43. The predicted molar refractivity (Wildman–Crippen MR) is 81.4 cm³/mol. The van der Waals surface area contributed by atoms with Crippen molar-refractivity contribution < 1.29 is 9.84 Å². The quantitative estimate of drug-likeness (QED) is 0.507. The molecule has 0 amide bonds. The highest BCUT2D eigenvalue weighted by molar-refractivity contribution is 7.98. The summed E-state index contributed by atoms with van der Waals surface area (Å²) in [7, 11) is 1.60. The van der Waals surface area contributed by atoms with E-state index in [9.17, 15) is 4.79 Å². The van der Waals surface area contributed by atoms with Crippen LogP contribution >= 0.6 is 11.8 Å². The van der Waals surface area contributed by atoms with Crippen molar-refractivity contribution in [3.63, 3.8) is 0 Å². The fraction of sp³-hybridized carbons (Fsp3) is 0.200. The number of nitrogens with one attached hydrogen (secondary N) is 1. The molecule has 2 N–H and O–H groups in total. The number of benzene rings is 1. The normalized spacial score (nSPS) is 9.81. The van der Waals surface area contributed by atoms with Gasteiger partial charge in [0.1, 0.15) is 12.4 Å². The molecule has 1 aromatic heterocycles. The van der Waals surface area contributed by atoms with Gasteiger partial charge in [-0.2, -0.15) is 0 Å². The average Bonchev–Trinajstić information content (AvgIpc) is 2.51. The number of hydrogen-bond acceptors (Lipinski definition) is 5. The summed E-state index contributed by atoms with van der Waals surface area (Å²) in [5, 5.41) is 9.28. The Balaban J connectivity index is 2.19. The summed E-state index contributed by atoms with van der Waals surface area (Å²) in [6.45, 7) is -0.175. The Morgan fingerprint density at radius 1 is 1.43 bits per heavy atom. The SMILES string of the molecule is COc1ccc(C#CCO)cc1CSc1nccc(=O)[nH]1. The van der Waals surface area contributed by atoms with Crippen LogP contribution in [0.5, 0.6) is 5.75 Å². The zero-order chi connectivity index (χ0) is 15.1. The Morgan fingerprint density at radius 2 is 2.29 bits per heavy atom. The van der Waals surface area contributed by atoms with Crippen molar-refractivity contribution in [2.45, 2.75) is 10.9 Å². The molecule has 0 atom stereocenters. The number of rotatable bonds is 4. The molecule has 0 aliphatic rings. The highest BCUT2D eigenvalue weighted by Gasteiger charge is 2.06. The van der Waals surface area contributed by atoms with E-state index in [1.807, 2.05) is 18.2 Å². The fourth-order valence-corrected chi connectivity index (χ4v) is 2.51. The van der Waals surface area contributed by atoms with Gasteiger partial charge in [0.25, 0.3) is 5.56 Å². The van der Waals surface area contributed by atoms with Crippen LogP contribution < -0.4 is 10.3 Å². The minimum Gasteiger partial charge on any atom is -0.496 e. The molecule has 0 spiro atoms. The number of hydrogen-bond donors (Lipinski definition) is 2. The van der Waals surface area contributed by atoms with Gasteiger partial charge in [-0.3, -0.25) is 4.79 Å². The van der Waals surface area contributed by atoms with Crippen LogP contribution in [0.25, 0.3) is 0 Å². The maximum Gasteiger partial charge on any atom is 0.251 e. The molecule has 0 saturated carbocycles. The number of nitrogens with zero attached hydrogens (tertiary/aromatic N) is 1. The van der Waals surface area contributed by atoms with Crippen molar-refractivity contribution in [3.05, 3.63) is 51.9 Å². The molecule has 0 radical (unpaired) electrons. The number of aromatic amines is 1. The minimum absolute atomic E-state index is 0.175.